The number of nitrogens with one attached hydrogen (secondary N) is 2. The Kier molecular flexibility index (Phi) is 2.90. The van der Waals surface area contributed by atoms with Crippen molar-refractivity contribution in [3.63, 3.8) is 0 Å². The van der Waals surface area contributed by atoms with Gasteiger partial charge >= 0.3 is 0 Å². The number of rotatable bonds is 2. The number of carbonyl (C=O) groups excluding carboxylic acids is 1. The molecule has 102 valence electrons. The highest BCUT2D eigenvalue weighted by Crippen LogP contribution is 2.34. The summed E-state index contributed by atoms with van der Waals surface area (Å²) in [6.07, 6.45) is 1.40. The molecule has 6 heteroatoms. The molecule has 2 heterocycles. The van der Waals surface area contributed by atoms with E-state index in [9.17, 15) is 9.59 Å². The minimum Gasteiger partial charge on any atom is -0.454 e. The van der Waals surface area contributed by atoms with Crippen LogP contribution in [0, 0.1) is 6.92 Å². The van der Waals surface area contributed by atoms with E-state index >= 15 is 0 Å². The molecule has 0 radical (unpaired) electrons. The van der Waals surface area contributed by atoms with E-state index in [-0.39, 0.29) is 17.8 Å². The van der Waals surface area contributed by atoms with E-state index in [2.05, 4.69) is 10.3 Å². The fourth-order valence-corrected chi connectivity index (χ4v) is 1.92. The second-order valence-electron chi connectivity index (χ2n) is 4.42. The number of hydrogen-bond acceptors (Lipinski definition) is 4. The van der Waals surface area contributed by atoms with Gasteiger partial charge in [0.1, 0.15) is 5.56 Å². The van der Waals surface area contributed by atoms with Gasteiger partial charge in [0.05, 0.1) is 0 Å². The summed E-state index contributed by atoms with van der Waals surface area (Å²) in [4.78, 5) is 26.6. The van der Waals surface area contributed by atoms with Crippen LogP contribution < -0.4 is 20.2 Å². The first-order chi connectivity index (χ1) is 9.63. The predicted octanol–water partition coefficient (Wildman–Crippen LogP) is 1.66. The van der Waals surface area contributed by atoms with Crippen molar-refractivity contribution in [2.75, 3.05) is 12.1 Å². The van der Waals surface area contributed by atoms with Crippen molar-refractivity contribution >= 4 is 11.6 Å². The molecule has 0 saturated heterocycles. The third-order valence-electron chi connectivity index (χ3n) is 2.93. The van der Waals surface area contributed by atoms with Gasteiger partial charge in [-0.2, -0.15) is 0 Å². The maximum Gasteiger partial charge on any atom is 0.261 e. The number of fused-ring (bicyclic) bond motifs is 1. The molecule has 0 unspecified atom stereocenters. The molecule has 0 bridgehead atoms. The van der Waals surface area contributed by atoms with E-state index in [4.69, 9.17) is 9.47 Å². The Morgan fingerprint density at radius 1 is 1.25 bits per heavy atom. The lowest BCUT2D eigenvalue weighted by atomic mass is 10.2. The van der Waals surface area contributed by atoms with Gasteiger partial charge < -0.3 is 19.8 Å². The molecule has 1 aliphatic rings. The van der Waals surface area contributed by atoms with Crippen molar-refractivity contribution < 1.29 is 14.3 Å². The number of pyridine rings is 1. The monoisotopic (exact) mass is 272 g/mol. The van der Waals surface area contributed by atoms with Crippen molar-refractivity contribution in [2.45, 2.75) is 6.92 Å². The minimum atomic E-state index is -0.467. The van der Waals surface area contributed by atoms with Crippen LogP contribution in [0.5, 0.6) is 11.5 Å². The van der Waals surface area contributed by atoms with Gasteiger partial charge in [0, 0.05) is 29.7 Å². The predicted molar refractivity (Wildman–Crippen MR) is 72.3 cm³/mol. The molecule has 2 aromatic rings. The molecule has 0 atom stereocenters. The van der Waals surface area contributed by atoms with Crippen LogP contribution >= 0.6 is 0 Å². The average molecular weight is 272 g/mol. The summed E-state index contributed by atoms with van der Waals surface area (Å²) in [6, 6.07) is 6.43. The maximum atomic E-state index is 12.0. The second kappa shape index (κ2) is 4.73. The molecular formula is C14H12N2O4. The zero-order valence-corrected chi connectivity index (χ0v) is 10.7. The van der Waals surface area contributed by atoms with E-state index in [0.717, 1.165) is 0 Å². The lowest BCUT2D eigenvalue weighted by molar-refractivity contribution is 0.102. The molecule has 1 aromatic carbocycles. The zero-order chi connectivity index (χ0) is 14.1. The highest BCUT2D eigenvalue weighted by atomic mass is 16.7. The molecule has 1 aromatic heterocycles. The van der Waals surface area contributed by atoms with Crippen molar-refractivity contribution in [3.05, 3.63) is 51.9 Å². The van der Waals surface area contributed by atoms with Crippen molar-refractivity contribution in [1.82, 2.24) is 4.98 Å². The smallest absolute Gasteiger partial charge is 0.261 e. The zero-order valence-electron chi connectivity index (χ0n) is 10.7. The fourth-order valence-electron chi connectivity index (χ4n) is 1.92. The molecular weight excluding hydrogens is 260 g/mol. The van der Waals surface area contributed by atoms with Crippen molar-refractivity contribution in [2.24, 2.45) is 0 Å². The molecule has 0 fully saturated rings. The Morgan fingerprint density at radius 2 is 2.05 bits per heavy atom. The first-order valence-electron chi connectivity index (χ1n) is 6.04. The standard InChI is InChI=1S/C14H12N2O4/c1-8-4-11(17)10(6-15-8)14(18)16-9-2-3-12-13(5-9)20-7-19-12/h2-6H,7H2,1H3,(H,15,17)(H,16,18). The van der Waals surface area contributed by atoms with Gasteiger partial charge in [0.15, 0.2) is 16.9 Å². The molecule has 0 saturated carbocycles. The van der Waals surface area contributed by atoms with Gasteiger partial charge in [-0.15, -0.1) is 0 Å². The highest BCUT2D eigenvalue weighted by molar-refractivity contribution is 6.04. The van der Waals surface area contributed by atoms with Crippen LogP contribution in [-0.4, -0.2) is 17.7 Å². The van der Waals surface area contributed by atoms with E-state index in [1.807, 2.05) is 0 Å². The molecule has 1 amide bonds. The topological polar surface area (TPSA) is 80.4 Å². The van der Waals surface area contributed by atoms with Crippen LogP contribution in [0.3, 0.4) is 0 Å². The van der Waals surface area contributed by atoms with Crippen LogP contribution in [0.25, 0.3) is 0 Å². The Bertz CT molecular complexity index is 736. The van der Waals surface area contributed by atoms with Crippen LogP contribution in [0.15, 0.2) is 35.3 Å². The molecule has 0 spiro atoms. The minimum absolute atomic E-state index is 0.0632. The summed E-state index contributed by atoms with van der Waals surface area (Å²) in [5.74, 6) is 0.738. The van der Waals surface area contributed by atoms with Gasteiger partial charge in [-0.25, -0.2) is 0 Å². The van der Waals surface area contributed by atoms with Crippen LogP contribution in [0.2, 0.25) is 0 Å². The van der Waals surface area contributed by atoms with Gasteiger partial charge in [-0.05, 0) is 19.1 Å². The third kappa shape index (κ3) is 2.23. The molecule has 6 nitrogen and oxygen atoms in total. The number of hydrogen-bond donors (Lipinski definition) is 2. The van der Waals surface area contributed by atoms with Gasteiger partial charge in [0.2, 0.25) is 6.79 Å². The SMILES string of the molecule is Cc1cc(=O)c(C(=O)Nc2ccc3c(c2)OCO3)c[nH]1. The summed E-state index contributed by atoms with van der Waals surface area (Å²) >= 11 is 0. The normalized spacial score (nSPS) is 12.2. The highest BCUT2D eigenvalue weighted by Gasteiger charge is 2.15. The van der Waals surface area contributed by atoms with Crippen LogP contribution in [-0.2, 0) is 0 Å². The molecule has 1 aliphatic heterocycles. The van der Waals surface area contributed by atoms with Gasteiger partial charge in [-0.1, -0.05) is 0 Å². The first-order valence-corrected chi connectivity index (χ1v) is 6.04. The van der Waals surface area contributed by atoms with E-state index in [0.29, 0.717) is 22.9 Å². The van der Waals surface area contributed by atoms with E-state index in [1.165, 1.54) is 12.3 Å². The van der Waals surface area contributed by atoms with Crippen LogP contribution in [0.4, 0.5) is 5.69 Å². The molecule has 2 N–H and O–H groups in total. The number of aromatic nitrogens is 1. The number of aromatic amines is 1. The Morgan fingerprint density at radius 3 is 2.85 bits per heavy atom. The number of aryl methyl sites for hydroxylation is 1. The quantitative estimate of drug-likeness (QED) is 0.871. The lowest BCUT2D eigenvalue weighted by Gasteiger charge is -2.06. The first kappa shape index (κ1) is 12.3. The summed E-state index contributed by atoms with van der Waals surface area (Å²) in [7, 11) is 0. The molecule has 0 aliphatic carbocycles. The van der Waals surface area contributed by atoms with Gasteiger partial charge in [-0.3, -0.25) is 9.59 Å². The summed E-state index contributed by atoms with van der Waals surface area (Å²) in [6.45, 7) is 1.92. The molecule has 20 heavy (non-hydrogen) atoms. The lowest BCUT2D eigenvalue weighted by Crippen LogP contribution is -2.21. The van der Waals surface area contributed by atoms with Crippen LogP contribution in [0.1, 0.15) is 16.1 Å². The largest absolute Gasteiger partial charge is 0.454 e. The maximum absolute atomic E-state index is 12.0. The number of anilines is 1. The average Bonchev–Trinajstić information content (AvgIpc) is 2.85. The summed E-state index contributed by atoms with van der Waals surface area (Å²) in [5, 5.41) is 2.65. The fraction of sp³-hybridized carbons (Fsp3) is 0.143. The number of benzene rings is 1. The number of amides is 1. The van der Waals surface area contributed by atoms with Crippen molar-refractivity contribution in [3.8, 4) is 11.5 Å². The summed E-state index contributed by atoms with van der Waals surface area (Å²) < 4.78 is 10.4. The molecule has 3 rings (SSSR count). The summed E-state index contributed by atoms with van der Waals surface area (Å²) in [5.41, 5.74) is 0.988. The van der Waals surface area contributed by atoms with E-state index < -0.39 is 5.91 Å². The van der Waals surface area contributed by atoms with Gasteiger partial charge in [0.25, 0.3) is 5.91 Å². The Labute approximate surface area is 114 Å². The second-order valence-corrected chi connectivity index (χ2v) is 4.42. The van der Waals surface area contributed by atoms with E-state index in [1.54, 1.807) is 25.1 Å². The third-order valence-corrected chi connectivity index (χ3v) is 2.93. The number of ether oxygens (including phenoxy) is 2. The Balaban J connectivity index is 1.84. The number of carbonyl (C=O) groups is 1. The number of H-pyrrole nitrogens is 1. The Hall–Kier alpha value is -2.76. The van der Waals surface area contributed by atoms with Crippen molar-refractivity contribution in [1.29, 1.82) is 0 Å².